The van der Waals surface area contributed by atoms with E-state index in [0.717, 1.165) is 12.0 Å². The number of benzene rings is 1. The van der Waals surface area contributed by atoms with Crippen molar-refractivity contribution in [1.82, 2.24) is 19.8 Å². The Morgan fingerprint density at radius 2 is 1.81 bits per heavy atom. The lowest BCUT2D eigenvalue weighted by atomic mass is 10.1. The Morgan fingerprint density at radius 1 is 1.07 bits per heavy atom. The zero-order chi connectivity index (χ0) is 19.4. The number of aryl methyl sites for hydroxylation is 1. The maximum atomic E-state index is 12.7. The van der Waals surface area contributed by atoms with Gasteiger partial charge in [0.15, 0.2) is 0 Å². The maximum Gasteiger partial charge on any atom is 0.325 e. The van der Waals surface area contributed by atoms with Gasteiger partial charge in [-0.2, -0.15) is 0 Å². The molecule has 1 saturated heterocycles. The Labute approximate surface area is 158 Å². The fraction of sp³-hybridized carbons (Fsp3) is 0.450. The van der Waals surface area contributed by atoms with Crippen LogP contribution in [0.25, 0.3) is 0 Å². The van der Waals surface area contributed by atoms with Crippen molar-refractivity contribution >= 4 is 5.91 Å². The summed E-state index contributed by atoms with van der Waals surface area (Å²) in [5.74, 6) is 0.139. The number of aromatic nitrogens is 2. The highest BCUT2D eigenvalue weighted by Gasteiger charge is 2.29. The van der Waals surface area contributed by atoms with Gasteiger partial charge in [-0.05, 0) is 18.9 Å². The van der Waals surface area contributed by atoms with Gasteiger partial charge in [0.2, 0.25) is 5.91 Å². The molecule has 1 atom stereocenters. The summed E-state index contributed by atoms with van der Waals surface area (Å²) in [6, 6.07) is 10.1. The quantitative estimate of drug-likeness (QED) is 0.832. The Kier molecular flexibility index (Phi) is 5.91. The number of carbonyl (C=O) groups is 1. The third-order valence-corrected chi connectivity index (χ3v) is 5.18. The summed E-state index contributed by atoms with van der Waals surface area (Å²) in [5.41, 5.74) is 1.39. The Hall–Kier alpha value is -2.67. The number of nitrogens with zero attached hydrogens (tertiary/aromatic N) is 2. The summed E-state index contributed by atoms with van der Waals surface area (Å²) in [5, 5.41) is 0. The van der Waals surface area contributed by atoms with Crippen molar-refractivity contribution in [1.29, 1.82) is 0 Å². The molecule has 2 heterocycles. The first-order valence-corrected chi connectivity index (χ1v) is 9.35. The summed E-state index contributed by atoms with van der Waals surface area (Å²) >= 11 is 0. The van der Waals surface area contributed by atoms with Gasteiger partial charge in [-0.3, -0.25) is 19.5 Å². The van der Waals surface area contributed by atoms with E-state index < -0.39 is 5.69 Å². The van der Waals surface area contributed by atoms with Crippen LogP contribution in [0.15, 0.2) is 39.9 Å². The minimum absolute atomic E-state index is 0.0855. The predicted molar refractivity (Wildman–Crippen MR) is 103 cm³/mol. The first-order valence-electron chi connectivity index (χ1n) is 9.35. The van der Waals surface area contributed by atoms with Crippen molar-refractivity contribution in [3.8, 4) is 0 Å². The van der Waals surface area contributed by atoms with Crippen molar-refractivity contribution in [3.05, 3.63) is 68.0 Å². The number of hydrogen-bond acceptors (Lipinski definition) is 4. The van der Waals surface area contributed by atoms with Crippen molar-refractivity contribution in [2.45, 2.75) is 45.8 Å². The number of aromatic amines is 2. The average Bonchev–Trinajstić information content (AvgIpc) is 2.79. The van der Waals surface area contributed by atoms with Crippen molar-refractivity contribution in [2.75, 3.05) is 13.1 Å². The van der Waals surface area contributed by atoms with Gasteiger partial charge in [-0.1, -0.05) is 37.3 Å². The van der Waals surface area contributed by atoms with Crippen LogP contribution in [0.2, 0.25) is 0 Å². The molecule has 2 aromatic rings. The average molecular weight is 370 g/mol. The van der Waals surface area contributed by atoms with Gasteiger partial charge in [0, 0.05) is 44.3 Å². The second-order valence-electron chi connectivity index (χ2n) is 7.07. The molecule has 3 rings (SSSR count). The Bertz CT molecular complexity index is 903. The van der Waals surface area contributed by atoms with E-state index in [4.69, 9.17) is 0 Å². The zero-order valence-electron chi connectivity index (χ0n) is 15.8. The first kappa shape index (κ1) is 19.1. The normalized spacial score (nSPS) is 18.5. The third kappa shape index (κ3) is 4.54. The minimum Gasteiger partial charge on any atom is -0.334 e. The molecular formula is C20H26N4O3. The van der Waals surface area contributed by atoms with Crippen LogP contribution in [0.5, 0.6) is 0 Å². The van der Waals surface area contributed by atoms with Crippen LogP contribution in [0, 0.1) is 6.92 Å². The van der Waals surface area contributed by atoms with Crippen LogP contribution < -0.4 is 11.2 Å². The van der Waals surface area contributed by atoms with E-state index in [1.165, 1.54) is 0 Å². The van der Waals surface area contributed by atoms with Crippen LogP contribution >= 0.6 is 0 Å². The summed E-state index contributed by atoms with van der Waals surface area (Å²) in [7, 11) is 0. The fourth-order valence-electron chi connectivity index (χ4n) is 3.62. The van der Waals surface area contributed by atoms with Gasteiger partial charge >= 0.3 is 5.69 Å². The molecular weight excluding hydrogens is 344 g/mol. The predicted octanol–water partition coefficient (Wildman–Crippen LogP) is 1.38. The first-order chi connectivity index (χ1) is 13.0. The molecule has 2 N–H and O–H groups in total. The van der Waals surface area contributed by atoms with E-state index in [-0.39, 0.29) is 17.5 Å². The second-order valence-corrected chi connectivity index (χ2v) is 7.07. The Morgan fingerprint density at radius 3 is 2.48 bits per heavy atom. The summed E-state index contributed by atoms with van der Waals surface area (Å²) in [6.07, 6.45) is 1.26. The lowest BCUT2D eigenvalue weighted by Crippen LogP contribution is -2.42. The molecule has 0 spiro atoms. The SMILES string of the molecule is CC[C@@H]1CN(Cc2c(C)[nH]c(=O)[nH]c2=O)CCC(=O)N1Cc1ccccc1. The molecule has 7 nitrogen and oxygen atoms in total. The molecule has 1 aliphatic rings. The van der Waals surface area contributed by atoms with E-state index in [9.17, 15) is 14.4 Å². The van der Waals surface area contributed by atoms with Gasteiger partial charge < -0.3 is 9.88 Å². The largest absolute Gasteiger partial charge is 0.334 e. The van der Waals surface area contributed by atoms with E-state index in [1.54, 1.807) is 6.92 Å². The summed E-state index contributed by atoms with van der Waals surface area (Å²) < 4.78 is 0. The van der Waals surface area contributed by atoms with E-state index in [2.05, 4.69) is 21.8 Å². The molecule has 0 radical (unpaired) electrons. The molecule has 1 aromatic carbocycles. The molecule has 0 unspecified atom stereocenters. The van der Waals surface area contributed by atoms with Crippen molar-refractivity contribution in [3.63, 3.8) is 0 Å². The van der Waals surface area contributed by atoms with Crippen LogP contribution in [-0.2, 0) is 17.9 Å². The standard InChI is InChI=1S/C20H26N4O3/c1-3-16-12-23(13-17-14(2)21-20(27)22-19(17)26)10-9-18(25)24(16)11-15-7-5-4-6-8-15/h4-8,16H,3,9-13H2,1-2H3,(H2,21,22,26,27)/t16-/m1/s1. The second kappa shape index (κ2) is 8.35. The number of carbonyl (C=O) groups excluding carboxylic acids is 1. The topological polar surface area (TPSA) is 89.3 Å². The summed E-state index contributed by atoms with van der Waals surface area (Å²) in [6.45, 7) is 6.13. The minimum atomic E-state index is -0.493. The van der Waals surface area contributed by atoms with E-state index in [1.807, 2.05) is 35.2 Å². The van der Waals surface area contributed by atoms with Gasteiger partial charge in [-0.25, -0.2) is 4.79 Å². The molecule has 1 aliphatic heterocycles. The summed E-state index contributed by atoms with van der Waals surface area (Å²) in [4.78, 5) is 45.3. The highest BCUT2D eigenvalue weighted by Crippen LogP contribution is 2.19. The van der Waals surface area contributed by atoms with Gasteiger partial charge in [0.05, 0.1) is 5.56 Å². The molecule has 1 amide bonds. The number of rotatable bonds is 5. The van der Waals surface area contributed by atoms with Crippen LogP contribution in [0.3, 0.4) is 0 Å². The molecule has 1 fully saturated rings. The lowest BCUT2D eigenvalue weighted by Gasteiger charge is -2.31. The molecule has 1 aromatic heterocycles. The molecule has 0 bridgehead atoms. The monoisotopic (exact) mass is 370 g/mol. The lowest BCUT2D eigenvalue weighted by molar-refractivity contribution is -0.133. The van der Waals surface area contributed by atoms with E-state index in [0.29, 0.717) is 43.9 Å². The number of amides is 1. The fourth-order valence-corrected chi connectivity index (χ4v) is 3.62. The van der Waals surface area contributed by atoms with E-state index >= 15 is 0 Å². The van der Waals surface area contributed by atoms with Crippen LogP contribution in [0.4, 0.5) is 0 Å². The number of nitrogens with one attached hydrogen (secondary N) is 2. The van der Waals surface area contributed by atoms with Crippen LogP contribution in [0.1, 0.15) is 36.6 Å². The Balaban J connectivity index is 1.78. The van der Waals surface area contributed by atoms with Gasteiger partial charge in [0.25, 0.3) is 5.56 Å². The molecule has 0 saturated carbocycles. The smallest absolute Gasteiger partial charge is 0.325 e. The number of H-pyrrole nitrogens is 2. The van der Waals surface area contributed by atoms with Gasteiger partial charge in [0.1, 0.15) is 0 Å². The highest BCUT2D eigenvalue weighted by atomic mass is 16.2. The third-order valence-electron chi connectivity index (χ3n) is 5.18. The van der Waals surface area contributed by atoms with Gasteiger partial charge in [-0.15, -0.1) is 0 Å². The van der Waals surface area contributed by atoms with Crippen molar-refractivity contribution in [2.24, 2.45) is 0 Å². The maximum absolute atomic E-state index is 12.7. The molecule has 7 heteroatoms. The van der Waals surface area contributed by atoms with Crippen molar-refractivity contribution < 1.29 is 4.79 Å². The number of hydrogen-bond donors (Lipinski definition) is 2. The molecule has 144 valence electrons. The molecule has 0 aliphatic carbocycles. The van der Waals surface area contributed by atoms with Crippen LogP contribution in [-0.4, -0.2) is 44.8 Å². The molecule has 27 heavy (non-hydrogen) atoms. The zero-order valence-corrected chi connectivity index (χ0v) is 15.8. The highest BCUT2D eigenvalue weighted by molar-refractivity contribution is 5.77.